The third-order valence-corrected chi connectivity index (χ3v) is 5.70. The van der Waals surface area contributed by atoms with Crippen LogP contribution in [-0.4, -0.2) is 58.9 Å². The van der Waals surface area contributed by atoms with Gasteiger partial charge in [0.15, 0.2) is 0 Å². The van der Waals surface area contributed by atoms with Crippen molar-refractivity contribution in [1.29, 1.82) is 0 Å². The minimum Gasteiger partial charge on any atom is -0.374 e. The lowest BCUT2D eigenvalue weighted by molar-refractivity contribution is -0.136. The Balaban J connectivity index is 1.82. The number of rotatable bonds is 4. The van der Waals surface area contributed by atoms with Crippen LogP contribution in [0.1, 0.15) is 23.0 Å². The molecule has 7 nitrogen and oxygen atoms in total. The summed E-state index contributed by atoms with van der Waals surface area (Å²) in [5, 5.41) is 2.77. The number of benzene rings is 1. The number of carbonyl (C=O) groups is 2. The van der Waals surface area contributed by atoms with Crippen molar-refractivity contribution in [2.45, 2.75) is 19.4 Å². The fourth-order valence-electron chi connectivity index (χ4n) is 3.89. The van der Waals surface area contributed by atoms with Gasteiger partial charge in [0.05, 0.1) is 29.7 Å². The molecular formula is C22H21ClF2N4O3. The highest BCUT2D eigenvalue weighted by Gasteiger charge is 2.28. The molecule has 10 heteroatoms. The summed E-state index contributed by atoms with van der Waals surface area (Å²) in [6, 6.07) is 5.20. The predicted molar refractivity (Wildman–Crippen MR) is 115 cm³/mol. The zero-order valence-corrected chi connectivity index (χ0v) is 18.2. The topological polar surface area (TPSA) is 75.9 Å². The SMILES string of the molecule is CNC(=O)c1cc(F)c(-c2nc3cc(Cl)ccn3c2C[C@H]2CN(C(C)=O)CCO2)c(F)c1. The van der Waals surface area contributed by atoms with Crippen molar-refractivity contribution >= 4 is 29.1 Å². The van der Waals surface area contributed by atoms with Gasteiger partial charge in [0, 0.05) is 56.3 Å². The Morgan fingerprint density at radius 3 is 2.66 bits per heavy atom. The van der Waals surface area contributed by atoms with Gasteiger partial charge in [-0.2, -0.15) is 0 Å². The Labute approximate surface area is 187 Å². The number of imidazole rings is 1. The van der Waals surface area contributed by atoms with Crippen LogP contribution in [0.2, 0.25) is 5.02 Å². The van der Waals surface area contributed by atoms with Crippen molar-refractivity contribution in [2.75, 3.05) is 26.7 Å². The molecule has 3 heterocycles. The van der Waals surface area contributed by atoms with Crippen molar-refractivity contribution < 1.29 is 23.1 Å². The zero-order valence-electron chi connectivity index (χ0n) is 17.5. The molecular weight excluding hydrogens is 442 g/mol. The van der Waals surface area contributed by atoms with Gasteiger partial charge in [-0.3, -0.25) is 9.59 Å². The van der Waals surface area contributed by atoms with Gasteiger partial charge >= 0.3 is 0 Å². The van der Waals surface area contributed by atoms with Gasteiger partial charge in [-0.25, -0.2) is 13.8 Å². The number of pyridine rings is 1. The van der Waals surface area contributed by atoms with Crippen LogP contribution in [0.25, 0.3) is 16.9 Å². The number of aromatic nitrogens is 2. The van der Waals surface area contributed by atoms with E-state index in [1.54, 1.807) is 27.6 Å². The number of ether oxygens (including phenoxy) is 1. The van der Waals surface area contributed by atoms with Gasteiger partial charge in [0.1, 0.15) is 17.3 Å². The first-order valence-electron chi connectivity index (χ1n) is 10.0. The summed E-state index contributed by atoms with van der Waals surface area (Å²) < 4.78 is 37.6. The molecule has 1 fully saturated rings. The van der Waals surface area contributed by atoms with Gasteiger partial charge in [0.2, 0.25) is 5.91 Å². The van der Waals surface area contributed by atoms with E-state index in [1.165, 1.54) is 14.0 Å². The summed E-state index contributed by atoms with van der Waals surface area (Å²) in [5.74, 6) is -2.48. The van der Waals surface area contributed by atoms with Crippen LogP contribution in [0.15, 0.2) is 30.5 Å². The molecule has 1 saturated heterocycles. The van der Waals surface area contributed by atoms with E-state index < -0.39 is 17.5 Å². The Bertz CT molecular complexity index is 1190. The summed E-state index contributed by atoms with van der Waals surface area (Å²) in [6.07, 6.45) is 1.56. The van der Waals surface area contributed by atoms with E-state index in [0.717, 1.165) is 12.1 Å². The third kappa shape index (κ3) is 4.18. The number of morpholine rings is 1. The average molecular weight is 463 g/mol. The third-order valence-electron chi connectivity index (χ3n) is 5.46. The number of halogens is 3. The normalized spacial score (nSPS) is 16.4. The summed E-state index contributed by atoms with van der Waals surface area (Å²) in [7, 11) is 1.38. The summed E-state index contributed by atoms with van der Waals surface area (Å²) in [5.41, 5.74) is 0.543. The standard InChI is InChI=1S/C22H21ClF2N4O3/c1-12(30)28-5-6-32-15(11-28)10-18-21(27-19-9-14(23)3-4-29(18)19)20-16(24)7-13(8-17(20)25)22(31)26-2/h3-4,7-9,15H,5-6,10-11H2,1-2H3,(H,26,31)/t15-/m0/s1. The van der Waals surface area contributed by atoms with Gasteiger partial charge in [-0.15, -0.1) is 0 Å². The second kappa shape index (κ2) is 8.84. The molecule has 4 rings (SSSR count). The number of amides is 2. The molecule has 3 aromatic rings. The molecule has 0 bridgehead atoms. The van der Waals surface area contributed by atoms with Crippen LogP contribution in [0.3, 0.4) is 0 Å². The Morgan fingerprint density at radius 2 is 2.00 bits per heavy atom. The molecule has 1 atom stereocenters. The van der Waals surface area contributed by atoms with Crippen LogP contribution in [0, 0.1) is 11.6 Å². The second-order valence-corrected chi connectivity index (χ2v) is 7.97. The lowest BCUT2D eigenvalue weighted by atomic mass is 10.0. The van der Waals surface area contributed by atoms with E-state index >= 15 is 8.78 Å². The van der Waals surface area contributed by atoms with Gasteiger partial charge < -0.3 is 19.4 Å². The van der Waals surface area contributed by atoms with Crippen molar-refractivity contribution in [3.63, 3.8) is 0 Å². The molecule has 2 aromatic heterocycles. The lowest BCUT2D eigenvalue weighted by Gasteiger charge is -2.32. The summed E-state index contributed by atoms with van der Waals surface area (Å²) in [4.78, 5) is 29.7. The molecule has 0 radical (unpaired) electrons. The summed E-state index contributed by atoms with van der Waals surface area (Å²) in [6.45, 7) is 2.70. The highest BCUT2D eigenvalue weighted by Crippen LogP contribution is 2.32. The van der Waals surface area contributed by atoms with Gasteiger partial charge in [-0.1, -0.05) is 11.6 Å². The Hall–Kier alpha value is -3.04. The first-order valence-corrected chi connectivity index (χ1v) is 10.4. The number of nitrogens with one attached hydrogen (secondary N) is 1. The molecule has 1 aliphatic rings. The van der Waals surface area contributed by atoms with Gasteiger partial charge in [-0.05, 0) is 18.2 Å². The van der Waals surface area contributed by atoms with E-state index in [1.807, 2.05) is 0 Å². The molecule has 1 aromatic carbocycles. The van der Waals surface area contributed by atoms with Crippen LogP contribution >= 0.6 is 11.6 Å². The molecule has 32 heavy (non-hydrogen) atoms. The largest absolute Gasteiger partial charge is 0.374 e. The van der Waals surface area contributed by atoms with E-state index in [2.05, 4.69) is 10.3 Å². The molecule has 168 valence electrons. The fraction of sp³-hybridized carbons (Fsp3) is 0.318. The van der Waals surface area contributed by atoms with Gasteiger partial charge in [0.25, 0.3) is 5.91 Å². The maximum absolute atomic E-state index is 15.0. The minimum atomic E-state index is -0.908. The van der Waals surface area contributed by atoms with Crippen molar-refractivity contribution in [1.82, 2.24) is 19.6 Å². The first-order chi connectivity index (χ1) is 15.3. The number of fused-ring (bicyclic) bond motifs is 1. The van der Waals surface area contributed by atoms with E-state index in [0.29, 0.717) is 36.1 Å². The predicted octanol–water partition coefficient (Wildman–Crippen LogP) is 3.08. The monoisotopic (exact) mass is 462 g/mol. The van der Waals surface area contributed by atoms with Crippen LogP contribution in [0.5, 0.6) is 0 Å². The fourth-order valence-corrected chi connectivity index (χ4v) is 4.04. The second-order valence-electron chi connectivity index (χ2n) is 7.54. The molecule has 1 N–H and O–H groups in total. The molecule has 0 saturated carbocycles. The quantitative estimate of drug-likeness (QED) is 0.646. The van der Waals surface area contributed by atoms with E-state index in [9.17, 15) is 9.59 Å². The number of hydrogen-bond donors (Lipinski definition) is 1. The molecule has 0 aliphatic carbocycles. The highest BCUT2D eigenvalue weighted by molar-refractivity contribution is 6.30. The summed E-state index contributed by atoms with van der Waals surface area (Å²) >= 11 is 6.09. The van der Waals surface area contributed by atoms with Crippen molar-refractivity contribution in [2.24, 2.45) is 0 Å². The van der Waals surface area contributed by atoms with Crippen molar-refractivity contribution in [3.8, 4) is 11.3 Å². The van der Waals surface area contributed by atoms with Crippen molar-refractivity contribution in [3.05, 3.63) is 58.4 Å². The first kappa shape index (κ1) is 22.2. The average Bonchev–Trinajstić information content (AvgIpc) is 3.09. The molecule has 0 unspecified atom stereocenters. The highest BCUT2D eigenvalue weighted by atomic mass is 35.5. The van der Waals surface area contributed by atoms with E-state index in [-0.39, 0.29) is 35.3 Å². The smallest absolute Gasteiger partial charge is 0.251 e. The molecule has 1 aliphatic heterocycles. The van der Waals surface area contributed by atoms with Crippen LogP contribution < -0.4 is 5.32 Å². The van der Waals surface area contributed by atoms with E-state index in [4.69, 9.17) is 16.3 Å². The Kier molecular flexibility index (Phi) is 6.12. The maximum Gasteiger partial charge on any atom is 0.251 e. The Morgan fingerprint density at radius 1 is 1.28 bits per heavy atom. The molecule has 0 spiro atoms. The maximum atomic E-state index is 15.0. The number of nitrogens with zero attached hydrogens (tertiary/aromatic N) is 3. The lowest BCUT2D eigenvalue weighted by Crippen LogP contribution is -2.45. The molecule has 2 amide bonds. The minimum absolute atomic E-state index is 0.0645. The van der Waals surface area contributed by atoms with Crippen LogP contribution in [0.4, 0.5) is 8.78 Å². The zero-order chi connectivity index (χ0) is 23.0. The number of hydrogen-bond acceptors (Lipinski definition) is 4. The van der Waals surface area contributed by atoms with Crippen LogP contribution in [-0.2, 0) is 16.0 Å². The number of carbonyl (C=O) groups excluding carboxylic acids is 2.